The Kier molecular flexibility index (Phi) is 3.53. The number of anilines is 1. The van der Waals surface area contributed by atoms with E-state index in [4.69, 9.17) is 23.2 Å². The number of carbonyl (C=O) groups is 1. The van der Waals surface area contributed by atoms with Gasteiger partial charge >= 0.3 is 0 Å². The minimum absolute atomic E-state index is 0.298. The molecular formula is C14H10Cl2N4O. The van der Waals surface area contributed by atoms with Gasteiger partial charge in [-0.1, -0.05) is 23.2 Å². The summed E-state index contributed by atoms with van der Waals surface area (Å²) in [5, 5.41) is 7.71. The highest BCUT2D eigenvalue weighted by atomic mass is 35.5. The summed E-state index contributed by atoms with van der Waals surface area (Å²) in [6, 6.07) is 8.27. The SMILES string of the molecule is Cc1cc(C(=O)Nc2ccc(Cl)cc2Cl)nc2ccnn12. The Hall–Kier alpha value is -2.11. The molecule has 1 N–H and O–H groups in total. The van der Waals surface area contributed by atoms with Crippen molar-refractivity contribution in [3.63, 3.8) is 0 Å². The van der Waals surface area contributed by atoms with Gasteiger partial charge in [0, 0.05) is 16.8 Å². The molecule has 106 valence electrons. The van der Waals surface area contributed by atoms with E-state index in [-0.39, 0.29) is 5.91 Å². The van der Waals surface area contributed by atoms with Gasteiger partial charge in [0.15, 0.2) is 5.65 Å². The molecule has 2 heterocycles. The first kappa shape index (κ1) is 13.9. The zero-order valence-corrected chi connectivity index (χ0v) is 12.5. The number of hydrogen-bond donors (Lipinski definition) is 1. The average molecular weight is 321 g/mol. The maximum absolute atomic E-state index is 12.3. The van der Waals surface area contributed by atoms with E-state index in [1.165, 1.54) is 0 Å². The molecule has 0 bridgehead atoms. The molecule has 2 aromatic heterocycles. The highest BCUT2D eigenvalue weighted by Gasteiger charge is 2.12. The lowest BCUT2D eigenvalue weighted by atomic mass is 10.2. The van der Waals surface area contributed by atoms with E-state index >= 15 is 0 Å². The van der Waals surface area contributed by atoms with Crippen molar-refractivity contribution in [2.24, 2.45) is 0 Å². The largest absolute Gasteiger partial charge is 0.319 e. The fraction of sp³-hybridized carbons (Fsp3) is 0.0714. The molecule has 3 rings (SSSR count). The molecule has 0 unspecified atom stereocenters. The number of nitrogens with one attached hydrogen (secondary N) is 1. The Bertz CT molecular complexity index is 844. The van der Waals surface area contributed by atoms with E-state index in [1.54, 1.807) is 41.0 Å². The van der Waals surface area contributed by atoms with Crippen molar-refractivity contribution in [1.82, 2.24) is 14.6 Å². The number of aromatic nitrogens is 3. The molecule has 0 aliphatic rings. The molecule has 1 amide bonds. The Morgan fingerprint density at radius 3 is 2.81 bits per heavy atom. The first-order valence-electron chi connectivity index (χ1n) is 6.12. The van der Waals surface area contributed by atoms with Gasteiger partial charge in [-0.15, -0.1) is 0 Å². The van der Waals surface area contributed by atoms with E-state index in [0.717, 1.165) is 5.69 Å². The van der Waals surface area contributed by atoms with Crippen molar-refractivity contribution < 1.29 is 4.79 Å². The molecule has 0 saturated heterocycles. The van der Waals surface area contributed by atoms with Gasteiger partial charge in [0.05, 0.1) is 16.9 Å². The van der Waals surface area contributed by atoms with Crippen molar-refractivity contribution in [3.05, 3.63) is 58.0 Å². The quantitative estimate of drug-likeness (QED) is 0.784. The van der Waals surface area contributed by atoms with E-state index in [9.17, 15) is 4.79 Å². The third-order valence-corrected chi connectivity index (χ3v) is 3.50. The van der Waals surface area contributed by atoms with E-state index in [1.807, 2.05) is 6.92 Å². The van der Waals surface area contributed by atoms with Gasteiger partial charge in [0.2, 0.25) is 0 Å². The summed E-state index contributed by atoms with van der Waals surface area (Å²) in [6.07, 6.45) is 1.63. The number of aryl methyl sites for hydroxylation is 1. The number of halogens is 2. The van der Waals surface area contributed by atoms with Crippen LogP contribution in [0.15, 0.2) is 36.5 Å². The van der Waals surface area contributed by atoms with Crippen molar-refractivity contribution in [2.75, 3.05) is 5.32 Å². The van der Waals surface area contributed by atoms with E-state index in [0.29, 0.717) is 27.1 Å². The Balaban J connectivity index is 1.93. The van der Waals surface area contributed by atoms with E-state index < -0.39 is 0 Å². The lowest BCUT2D eigenvalue weighted by Gasteiger charge is -2.08. The molecule has 7 heteroatoms. The van der Waals surface area contributed by atoms with Crippen LogP contribution in [-0.2, 0) is 0 Å². The molecule has 0 aliphatic heterocycles. The predicted molar refractivity (Wildman–Crippen MR) is 82.1 cm³/mol. The molecule has 0 radical (unpaired) electrons. The molecule has 5 nitrogen and oxygen atoms in total. The van der Waals surface area contributed by atoms with Crippen molar-refractivity contribution in [3.8, 4) is 0 Å². The van der Waals surface area contributed by atoms with Crippen LogP contribution in [0.5, 0.6) is 0 Å². The second kappa shape index (κ2) is 5.35. The van der Waals surface area contributed by atoms with Gasteiger partial charge in [-0.2, -0.15) is 5.10 Å². The molecule has 0 fully saturated rings. The summed E-state index contributed by atoms with van der Waals surface area (Å²) in [7, 11) is 0. The second-order valence-corrected chi connectivity index (χ2v) is 5.31. The fourth-order valence-corrected chi connectivity index (χ4v) is 2.42. The van der Waals surface area contributed by atoms with Crippen LogP contribution < -0.4 is 5.32 Å². The predicted octanol–water partition coefficient (Wildman–Crippen LogP) is 3.60. The van der Waals surface area contributed by atoms with Crippen LogP contribution in [0.4, 0.5) is 5.69 Å². The highest BCUT2D eigenvalue weighted by Crippen LogP contribution is 2.25. The van der Waals surface area contributed by atoms with Gasteiger partial charge in [0.1, 0.15) is 5.69 Å². The highest BCUT2D eigenvalue weighted by molar-refractivity contribution is 6.36. The standard InChI is InChI=1S/C14H10Cl2N4O/c1-8-6-12(18-13-4-5-17-20(8)13)14(21)19-11-3-2-9(15)7-10(11)16/h2-7H,1H3,(H,19,21). The first-order valence-corrected chi connectivity index (χ1v) is 6.88. The number of amides is 1. The molecule has 21 heavy (non-hydrogen) atoms. The summed E-state index contributed by atoms with van der Waals surface area (Å²) in [5.74, 6) is -0.342. The van der Waals surface area contributed by atoms with Crippen LogP contribution in [0.3, 0.4) is 0 Å². The van der Waals surface area contributed by atoms with Crippen LogP contribution in [0.1, 0.15) is 16.2 Å². The summed E-state index contributed by atoms with van der Waals surface area (Å²) in [5.41, 5.74) is 2.21. The summed E-state index contributed by atoms with van der Waals surface area (Å²) < 4.78 is 1.66. The van der Waals surface area contributed by atoms with Crippen LogP contribution in [0.25, 0.3) is 5.65 Å². The topological polar surface area (TPSA) is 59.3 Å². The lowest BCUT2D eigenvalue weighted by Crippen LogP contribution is -2.15. The van der Waals surface area contributed by atoms with Gasteiger partial charge < -0.3 is 5.32 Å². The number of rotatable bonds is 2. The fourth-order valence-electron chi connectivity index (χ4n) is 1.96. The van der Waals surface area contributed by atoms with Crippen LogP contribution in [0.2, 0.25) is 10.0 Å². The molecule has 0 atom stereocenters. The third kappa shape index (κ3) is 2.70. The van der Waals surface area contributed by atoms with Gasteiger partial charge in [-0.05, 0) is 31.2 Å². The smallest absolute Gasteiger partial charge is 0.274 e. The van der Waals surface area contributed by atoms with Crippen LogP contribution in [0, 0.1) is 6.92 Å². The zero-order valence-electron chi connectivity index (χ0n) is 11.0. The second-order valence-electron chi connectivity index (χ2n) is 4.46. The number of fused-ring (bicyclic) bond motifs is 1. The maximum Gasteiger partial charge on any atom is 0.274 e. The maximum atomic E-state index is 12.3. The summed E-state index contributed by atoms with van der Waals surface area (Å²) in [6.45, 7) is 1.85. The van der Waals surface area contributed by atoms with Crippen LogP contribution >= 0.6 is 23.2 Å². The van der Waals surface area contributed by atoms with Crippen molar-refractivity contribution >= 4 is 40.4 Å². The number of hydrogen-bond acceptors (Lipinski definition) is 3. The van der Waals surface area contributed by atoms with Crippen molar-refractivity contribution in [2.45, 2.75) is 6.92 Å². The third-order valence-electron chi connectivity index (χ3n) is 2.95. The molecule has 0 spiro atoms. The summed E-state index contributed by atoms with van der Waals surface area (Å²) in [4.78, 5) is 16.5. The molecular weight excluding hydrogens is 311 g/mol. The summed E-state index contributed by atoms with van der Waals surface area (Å²) >= 11 is 11.9. The normalized spacial score (nSPS) is 10.8. The molecule has 1 aromatic carbocycles. The Morgan fingerprint density at radius 2 is 2.05 bits per heavy atom. The van der Waals surface area contributed by atoms with Gasteiger partial charge in [-0.25, -0.2) is 9.50 Å². The number of nitrogens with zero attached hydrogens (tertiary/aromatic N) is 3. The van der Waals surface area contributed by atoms with Crippen LogP contribution in [-0.4, -0.2) is 20.5 Å². The van der Waals surface area contributed by atoms with Gasteiger partial charge in [-0.3, -0.25) is 4.79 Å². The first-order chi connectivity index (χ1) is 10.0. The molecule has 3 aromatic rings. The molecule has 0 saturated carbocycles. The van der Waals surface area contributed by atoms with Gasteiger partial charge in [0.25, 0.3) is 5.91 Å². The Morgan fingerprint density at radius 1 is 1.24 bits per heavy atom. The number of benzene rings is 1. The van der Waals surface area contributed by atoms with E-state index in [2.05, 4.69) is 15.4 Å². The van der Waals surface area contributed by atoms with Crippen molar-refractivity contribution in [1.29, 1.82) is 0 Å². The lowest BCUT2D eigenvalue weighted by molar-refractivity contribution is 0.102. The zero-order chi connectivity index (χ0) is 15.0. The monoisotopic (exact) mass is 320 g/mol. The minimum Gasteiger partial charge on any atom is -0.319 e. The average Bonchev–Trinajstić information content (AvgIpc) is 2.90. The molecule has 0 aliphatic carbocycles. The minimum atomic E-state index is -0.342. The number of carbonyl (C=O) groups excluding carboxylic acids is 1. The Labute approximate surface area is 130 Å².